The van der Waals surface area contributed by atoms with Gasteiger partial charge >= 0.3 is 12.1 Å². The third-order valence-electron chi connectivity index (χ3n) is 1.85. The smallest absolute Gasteiger partial charge is 0.337 e. The molecular weight excluding hydrogens is 285 g/mol. The summed E-state index contributed by atoms with van der Waals surface area (Å²) in [6.07, 6.45) is -5.62. The molecule has 0 aliphatic carbocycles. The number of anilines is 1. The Balaban J connectivity index is 2.99. The highest BCUT2D eigenvalue weighted by molar-refractivity contribution is 7.83. The van der Waals surface area contributed by atoms with Gasteiger partial charge in [0.15, 0.2) is 4.45 Å². The molecule has 0 fully saturated rings. The predicted molar refractivity (Wildman–Crippen MR) is 58.5 cm³/mol. The third kappa shape index (κ3) is 3.26. The highest BCUT2D eigenvalue weighted by atomic mass is 35.5. The molecule has 0 unspecified atom stereocenters. The van der Waals surface area contributed by atoms with E-state index in [9.17, 15) is 22.0 Å². The van der Waals surface area contributed by atoms with Crippen LogP contribution in [0.4, 0.5) is 27.6 Å². The first kappa shape index (κ1) is 14.1. The molecular formula is C9H5ClF5NS. The van der Waals surface area contributed by atoms with Crippen LogP contribution in [-0.2, 0) is 5.92 Å². The second kappa shape index (κ2) is 4.73. The number of thiocarbonyl (C=S) groups is 1. The summed E-state index contributed by atoms with van der Waals surface area (Å²) in [6, 6.07) is 3.38. The van der Waals surface area contributed by atoms with Crippen molar-refractivity contribution in [1.29, 1.82) is 0 Å². The Morgan fingerprint density at radius 1 is 1.06 bits per heavy atom. The molecule has 8 heteroatoms. The Kier molecular flexibility index (Phi) is 3.93. The van der Waals surface area contributed by atoms with E-state index in [0.29, 0.717) is 12.1 Å². The summed E-state index contributed by atoms with van der Waals surface area (Å²) < 4.78 is 61.6. The number of halogens is 6. The van der Waals surface area contributed by atoms with Gasteiger partial charge in [0.05, 0.1) is 0 Å². The van der Waals surface area contributed by atoms with Gasteiger partial charge in [0.25, 0.3) is 0 Å². The molecule has 0 saturated heterocycles. The van der Waals surface area contributed by atoms with Gasteiger partial charge in [0.2, 0.25) is 0 Å². The molecule has 0 atom stereocenters. The highest BCUT2D eigenvalue weighted by Gasteiger charge is 2.58. The fourth-order valence-electron chi connectivity index (χ4n) is 1.04. The highest BCUT2D eigenvalue weighted by Crippen LogP contribution is 2.43. The maximum atomic E-state index is 12.9. The molecule has 0 heterocycles. The zero-order chi connectivity index (χ0) is 13.3. The summed E-state index contributed by atoms with van der Waals surface area (Å²) in [4.78, 5) is 0. The first-order valence-corrected chi connectivity index (χ1v) is 4.95. The molecule has 1 aromatic rings. The van der Waals surface area contributed by atoms with E-state index in [2.05, 4.69) is 17.5 Å². The molecule has 0 bridgehead atoms. The topological polar surface area (TPSA) is 12.0 Å². The number of hydrogen-bond acceptors (Lipinski definition) is 1. The van der Waals surface area contributed by atoms with Gasteiger partial charge in [-0.25, -0.2) is 0 Å². The summed E-state index contributed by atoms with van der Waals surface area (Å²) in [5.41, 5.74) is -0.914. The second-order valence-electron chi connectivity index (χ2n) is 3.05. The predicted octanol–water partition coefficient (Wildman–Crippen LogP) is 4.28. The van der Waals surface area contributed by atoms with Crippen molar-refractivity contribution < 1.29 is 22.0 Å². The van der Waals surface area contributed by atoms with Crippen molar-refractivity contribution in [3.05, 3.63) is 29.8 Å². The molecule has 1 N–H and O–H groups in total. The summed E-state index contributed by atoms with van der Waals surface area (Å²) >= 11 is 9.78. The Hall–Kier alpha value is -0.950. The number of alkyl halides is 5. The van der Waals surface area contributed by atoms with Gasteiger partial charge in [-0.3, -0.25) is 0 Å². The van der Waals surface area contributed by atoms with E-state index in [4.69, 9.17) is 11.6 Å². The van der Waals surface area contributed by atoms with Crippen LogP contribution >= 0.6 is 23.8 Å². The van der Waals surface area contributed by atoms with E-state index >= 15 is 0 Å². The first-order chi connectivity index (χ1) is 7.64. The van der Waals surface area contributed by atoms with E-state index in [1.165, 1.54) is 0 Å². The average Bonchev–Trinajstić information content (AvgIpc) is 2.15. The van der Waals surface area contributed by atoms with Gasteiger partial charge in [0, 0.05) is 11.3 Å². The SMILES string of the molecule is FC(F)(F)C(F)(F)c1ccc(NC(=S)Cl)cc1. The van der Waals surface area contributed by atoms with Crippen molar-refractivity contribution in [3.63, 3.8) is 0 Å². The summed E-state index contributed by atoms with van der Waals surface area (Å²) in [7, 11) is 0. The Labute approximate surface area is 104 Å². The van der Waals surface area contributed by atoms with E-state index in [0.717, 1.165) is 12.1 Å². The van der Waals surface area contributed by atoms with Gasteiger partial charge in [0.1, 0.15) is 0 Å². The molecule has 94 valence electrons. The number of hydrogen-bond donors (Lipinski definition) is 1. The van der Waals surface area contributed by atoms with Crippen molar-refractivity contribution >= 4 is 34.0 Å². The lowest BCUT2D eigenvalue weighted by atomic mass is 10.1. The van der Waals surface area contributed by atoms with Gasteiger partial charge < -0.3 is 5.32 Å². The quantitative estimate of drug-likeness (QED) is 0.377. The Morgan fingerprint density at radius 3 is 1.88 bits per heavy atom. The number of benzene rings is 1. The number of rotatable bonds is 2. The third-order valence-corrected chi connectivity index (χ3v) is 2.04. The summed E-state index contributed by atoms with van der Waals surface area (Å²) in [5.74, 6) is -4.88. The number of nitrogens with one attached hydrogen (secondary N) is 1. The first-order valence-electron chi connectivity index (χ1n) is 4.16. The molecule has 1 nitrogen and oxygen atoms in total. The van der Waals surface area contributed by atoms with Crippen LogP contribution in [0.5, 0.6) is 0 Å². The minimum Gasteiger partial charge on any atom is -0.337 e. The van der Waals surface area contributed by atoms with E-state index in [1.807, 2.05) is 0 Å². The van der Waals surface area contributed by atoms with Crippen LogP contribution in [0.25, 0.3) is 0 Å². The van der Waals surface area contributed by atoms with Crippen molar-refractivity contribution in [2.24, 2.45) is 0 Å². The minimum atomic E-state index is -5.62. The van der Waals surface area contributed by atoms with Crippen molar-refractivity contribution in [1.82, 2.24) is 0 Å². The fraction of sp³-hybridized carbons (Fsp3) is 0.222. The zero-order valence-corrected chi connectivity index (χ0v) is 9.56. The van der Waals surface area contributed by atoms with E-state index in [-0.39, 0.29) is 10.1 Å². The molecule has 0 saturated carbocycles. The second-order valence-corrected chi connectivity index (χ2v) is 4.06. The van der Waals surface area contributed by atoms with E-state index in [1.54, 1.807) is 0 Å². The van der Waals surface area contributed by atoms with Crippen LogP contribution in [0.15, 0.2) is 24.3 Å². The molecule has 0 spiro atoms. The largest absolute Gasteiger partial charge is 0.458 e. The zero-order valence-electron chi connectivity index (χ0n) is 7.99. The fourth-order valence-corrected chi connectivity index (χ4v) is 1.27. The lowest BCUT2D eigenvalue weighted by Crippen LogP contribution is -2.33. The maximum absolute atomic E-state index is 12.9. The molecule has 1 aromatic carbocycles. The lowest BCUT2D eigenvalue weighted by molar-refractivity contribution is -0.289. The van der Waals surface area contributed by atoms with Crippen molar-refractivity contribution in [3.8, 4) is 0 Å². The van der Waals surface area contributed by atoms with Crippen molar-refractivity contribution in [2.45, 2.75) is 12.1 Å². The van der Waals surface area contributed by atoms with Gasteiger partial charge in [-0.15, -0.1) is 0 Å². The Morgan fingerprint density at radius 2 is 1.53 bits per heavy atom. The standard InChI is InChI=1S/C9H5ClF5NS/c10-7(17)16-6-3-1-5(2-4-6)8(11,12)9(13,14)15/h1-4H,(H,16,17). The molecule has 17 heavy (non-hydrogen) atoms. The average molecular weight is 290 g/mol. The molecule has 0 aliphatic heterocycles. The van der Waals surface area contributed by atoms with Crippen LogP contribution in [0.1, 0.15) is 5.56 Å². The minimum absolute atomic E-state index is 0.139. The van der Waals surface area contributed by atoms with Gasteiger partial charge in [-0.2, -0.15) is 22.0 Å². The van der Waals surface area contributed by atoms with E-state index < -0.39 is 17.7 Å². The molecule has 0 aliphatic rings. The van der Waals surface area contributed by atoms with Crippen LogP contribution < -0.4 is 5.32 Å². The van der Waals surface area contributed by atoms with Crippen molar-refractivity contribution in [2.75, 3.05) is 5.32 Å². The molecule has 0 radical (unpaired) electrons. The normalized spacial score (nSPS) is 12.4. The summed E-state index contributed by atoms with van der Waals surface area (Å²) in [5, 5.41) is 2.39. The van der Waals surface area contributed by atoms with Gasteiger partial charge in [-0.1, -0.05) is 23.7 Å². The molecule has 0 amide bonds. The van der Waals surface area contributed by atoms with Crippen LogP contribution in [0, 0.1) is 0 Å². The maximum Gasteiger partial charge on any atom is 0.458 e. The van der Waals surface area contributed by atoms with Crippen LogP contribution in [-0.4, -0.2) is 10.6 Å². The molecule has 1 rings (SSSR count). The lowest BCUT2D eigenvalue weighted by Gasteiger charge is -2.19. The summed E-state index contributed by atoms with van der Waals surface area (Å²) in [6.45, 7) is 0. The van der Waals surface area contributed by atoms with Gasteiger partial charge in [-0.05, 0) is 24.4 Å². The monoisotopic (exact) mass is 289 g/mol. The Bertz CT molecular complexity index is 414. The van der Waals surface area contributed by atoms with Crippen LogP contribution in [0.2, 0.25) is 0 Å². The molecule has 0 aromatic heterocycles. The van der Waals surface area contributed by atoms with Crippen LogP contribution in [0.3, 0.4) is 0 Å².